The molecule has 0 heterocycles. The van der Waals surface area contributed by atoms with Crippen LogP contribution >= 0.6 is 0 Å². The summed E-state index contributed by atoms with van der Waals surface area (Å²) >= 11 is 0. The number of fused-ring (bicyclic) bond motifs is 1. The predicted octanol–water partition coefficient (Wildman–Crippen LogP) is 2.43. The number of benzene rings is 2. The van der Waals surface area contributed by atoms with Crippen molar-refractivity contribution >= 4 is 22.4 Å². The van der Waals surface area contributed by atoms with Gasteiger partial charge in [0.1, 0.15) is 6.61 Å². The zero-order valence-corrected chi connectivity index (χ0v) is 11.3. The van der Waals surface area contributed by atoms with Crippen LogP contribution in [0.4, 0.5) is 14.5 Å². The van der Waals surface area contributed by atoms with Crippen LogP contribution in [0.5, 0.6) is 0 Å². The minimum Gasteiger partial charge on any atom is -0.398 e. The number of halogens is 2. The predicted molar refractivity (Wildman–Crippen MR) is 77.5 cm³/mol. The van der Waals surface area contributed by atoms with Crippen LogP contribution in [0.15, 0.2) is 36.4 Å². The standard InChI is InChI=1S/C15H16F2N2O2/c16-14(17)9-21-6-5-19-15(20)12-7-10-3-1-2-4-11(10)8-13(12)18/h1-4,7-8,14H,5-6,9,18H2,(H,19,20). The highest BCUT2D eigenvalue weighted by molar-refractivity contribution is 6.03. The molecule has 0 atom stereocenters. The Bertz CT molecular complexity index is 632. The molecule has 0 spiro atoms. The van der Waals surface area contributed by atoms with Crippen LogP contribution < -0.4 is 11.1 Å². The molecule has 0 aliphatic heterocycles. The van der Waals surface area contributed by atoms with Gasteiger partial charge < -0.3 is 15.8 Å². The Morgan fingerprint density at radius 1 is 1.24 bits per heavy atom. The van der Waals surface area contributed by atoms with E-state index in [1.807, 2.05) is 24.3 Å². The summed E-state index contributed by atoms with van der Waals surface area (Å²) in [6.45, 7) is -0.449. The average Bonchev–Trinajstić information content (AvgIpc) is 2.45. The van der Waals surface area contributed by atoms with E-state index >= 15 is 0 Å². The molecule has 2 aromatic rings. The first-order valence-corrected chi connectivity index (χ1v) is 6.50. The molecule has 6 heteroatoms. The first-order valence-electron chi connectivity index (χ1n) is 6.50. The maximum Gasteiger partial charge on any atom is 0.261 e. The fraction of sp³-hybridized carbons (Fsp3) is 0.267. The molecule has 1 amide bonds. The molecule has 0 saturated carbocycles. The quantitative estimate of drug-likeness (QED) is 0.635. The summed E-state index contributed by atoms with van der Waals surface area (Å²) in [6.07, 6.45) is -2.50. The minimum absolute atomic E-state index is 0.0313. The third kappa shape index (κ3) is 4.13. The van der Waals surface area contributed by atoms with Crippen LogP contribution in [0.25, 0.3) is 10.8 Å². The van der Waals surface area contributed by atoms with Gasteiger partial charge in [-0.25, -0.2) is 8.78 Å². The Labute approximate surface area is 120 Å². The highest BCUT2D eigenvalue weighted by atomic mass is 19.3. The summed E-state index contributed by atoms with van der Waals surface area (Å²) in [5, 5.41) is 4.45. The van der Waals surface area contributed by atoms with Gasteiger partial charge in [-0.1, -0.05) is 24.3 Å². The third-order valence-electron chi connectivity index (χ3n) is 2.94. The van der Waals surface area contributed by atoms with E-state index in [2.05, 4.69) is 10.1 Å². The maximum atomic E-state index is 12.0. The number of anilines is 1. The van der Waals surface area contributed by atoms with Gasteiger partial charge in [0.15, 0.2) is 0 Å². The zero-order valence-electron chi connectivity index (χ0n) is 11.3. The smallest absolute Gasteiger partial charge is 0.261 e. The molecule has 0 aliphatic rings. The molecule has 0 unspecified atom stereocenters. The minimum atomic E-state index is -2.50. The number of nitrogen functional groups attached to an aromatic ring is 1. The number of ether oxygens (including phenoxy) is 1. The van der Waals surface area contributed by atoms with Crippen LogP contribution in [-0.2, 0) is 4.74 Å². The van der Waals surface area contributed by atoms with Crippen molar-refractivity contribution in [2.24, 2.45) is 0 Å². The van der Waals surface area contributed by atoms with E-state index in [-0.39, 0.29) is 19.1 Å². The summed E-state index contributed by atoms with van der Waals surface area (Å²) in [4.78, 5) is 12.0. The lowest BCUT2D eigenvalue weighted by Gasteiger charge is -2.09. The molecule has 0 bridgehead atoms. The summed E-state index contributed by atoms with van der Waals surface area (Å²) in [6, 6.07) is 11.0. The molecular weight excluding hydrogens is 278 g/mol. The lowest BCUT2D eigenvalue weighted by atomic mass is 10.0. The molecule has 0 fully saturated rings. The van der Waals surface area contributed by atoms with E-state index in [0.29, 0.717) is 11.3 Å². The van der Waals surface area contributed by atoms with E-state index in [1.54, 1.807) is 12.1 Å². The van der Waals surface area contributed by atoms with Crippen molar-refractivity contribution in [3.8, 4) is 0 Å². The first kappa shape index (κ1) is 15.2. The number of nitrogens with two attached hydrogens (primary N) is 1. The van der Waals surface area contributed by atoms with Crippen molar-refractivity contribution in [1.82, 2.24) is 5.32 Å². The van der Waals surface area contributed by atoms with Gasteiger partial charge >= 0.3 is 0 Å². The molecule has 2 rings (SSSR count). The number of rotatable bonds is 6. The molecular formula is C15H16F2N2O2. The number of amides is 1. The molecule has 0 aromatic heterocycles. The number of nitrogens with one attached hydrogen (secondary N) is 1. The third-order valence-corrected chi connectivity index (χ3v) is 2.94. The molecule has 3 N–H and O–H groups in total. The second-order valence-electron chi connectivity index (χ2n) is 4.51. The molecule has 0 aliphatic carbocycles. The van der Waals surface area contributed by atoms with Gasteiger partial charge in [0.25, 0.3) is 12.3 Å². The van der Waals surface area contributed by atoms with Gasteiger partial charge in [-0.15, -0.1) is 0 Å². The van der Waals surface area contributed by atoms with Crippen molar-refractivity contribution < 1.29 is 18.3 Å². The SMILES string of the molecule is Nc1cc2ccccc2cc1C(=O)NCCOCC(F)F. The van der Waals surface area contributed by atoms with Crippen LogP contribution in [0, 0.1) is 0 Å². The number of carbonyl (C=O) groups excluding carboxylic acids is 1. The van der Waals surface area contributed by atoms with Crippen molar-refractivity contribution in [2.45, 2.75) is 6.43 Å². The van der Waals surface area contributed by atoms with Crippen LogP contribution in [0.3, 0.4) is 0 Å². The Balaban J connectivity index is 1.97. The molecule has 2 aromatic carbocycles. The van der Waals surface area contributed by atoms with Gasteiger partial charge in [-0.05, 0) is 22.9 Å². The van der Waals surface area contributed by atoms with E-state index in [4.69, 9.17) is 5.73 Å². The molecule has 112 valence electrons. The van der Waals surface area contributed by atoms with Crippen molar-refractivity contribution in [1.29, 1.82) is 0 Å². The maximum absolute atomic E-state index is 12.0. The highest BCUT2D eigenvalue weighted by Gasteiger charge is 2.10. The van der Waals surface area contributed by atoms with E-state index in [9.17, 15) is 13.6 Å². The van der Waals surface area contributed by atoms with E-state index in [0.717, 1.165) is 10.8 Å². The van der Waals surface area contributed by atoms with Gasteiger partial charge in [0.2, 0.25) is 0 Å². The molecule has 4 nitrogen and oxygen atoms in total. The molecule has 21 heavy (non-hydrogen) atoms. The molecule has 0 saturated heterocycles. The van der Waals surface area contributed by atoms with Crippen LogP contribution in [0.2, 0.25) is 0 Å². The van der Waals surface area contributed by atoms with Crippen molar-refractivity contribution in [2.75, 3.05) is 25.5 Å². The second-order valence-corrected chi connectivity index (χ2v) is 4.51. The van der Waals surface area contributed by atoms with Crippen molar-refractivity contribution in [3.05, 3.63) is 42.0 Å². The van der Waals surface area contributed by atoms with Crippen LogP contribution in [-0.4, -0.2) is 32.1 Å². The summed E-state index contributed by atoms with van der Waals surface area (Å²) in [5.74, 6) is -0.348. The highest BCUT2D eigenvalue weighted by Crippen LogP contribution is 2.21. The van der Waals surface area contributed by atoms with E-state index < -0.39 is 13.0 Å². The van der Waals surface area contributed by atoms with E-state index in [1.165, 1.54) is 0 Å². The normalized spacial score (nSPS) is 11.0. The van der Waals surface area contributed by atoms with Gasteiger partial charge in [-0.2, -0.15) is 0 Å². The topological polar surface area (TPSA) is 64.4 Å². The number of alkyl halides is 2. The first-order chi connectivity index (χ1) is 10.1. The van der Waals surface area contributed by atoms with Crippen LogP contribution in [0.1, 0.15) is 10.4 Å². The lowest BCUT2D eigenvalue weighted by molar-refractivity contribution is 0.0188. The van der Waals surface area contributed by atoms with Gasteiger partial charge in [-0.3, -0.25) is 4.79 Å². The fourth-order valence-electron chi connectivity index (χ4n) is 1.96. The Kier molecular flexibility index (Phi) is 5.05. The average molecular weight is 294 g/mol. The monoisotopic (exact) mass is 294 g/mol. The Morgan fingerprint density at radius 3 is 2.57 bits per heavy atom. The Morgan fingerprint density at radius 2 is 1.90 bits per heavy atom. The second kappa shape index (κ2) is 6.99. The van der Waals surface area contributed by atoms with Gasteiger partial charge in [0.05, 0.1) is 12.2 Å². The lowest BCUT2D eigenvalue weighted by Crippen LogP contribution is -2.28. The summed E-state index contributed by atoms with van der Waals surface area (Å²) in [5.41, 5.74) is 6.60. The number of hydrogen-bond donors (Lipinski definition) is 2. The van der Waals surface area contributed by atoms with Gasteiger partial charge in [0, 0.05) is 12.2 Å². The van der Waals surface area contributed by atoms with Crippen molar-refractivity contribution in [3.63, 3.8) is 0 Å². The number of carbonyl (C=O) groups is 1. The summed E-state index contributed by atoms with van der Waals surface area (Å²) in [7, 11) is 0. The molecule has 0 radical (unpaired) electrons. The Hall–Kier alpha value is -2.21. The number of hydrogen-bond acceptors (Lipinski definition) is 3. The zero-order chi connectivity index (χ0) is 15.2. The largest absolute Gasteiger partial charge is 0.398 e. The summed E-state index contributed by atoms with van der Waals surface area (Å²) < 4.78 is 28.4. The fourth-order valence-corrected chi connectivity index (χ4v) is 1.96.